The number of rotatable bonds is 9. The molecule has 0 spiro atoms. The SMILES string of the molecule is CCCCCCC(NCC)C1(N(C)C)CCC(C)CC1. The second-order valence-electron chi connectivity index (χ2n) is 7.14. The van der Waals surface area contributed by atoms with Gasteiger partial charge in [-0.05, 0) is 58.7 Å². The summed E-state index contributed by atoms with van der Waals surface area (Å²) >= 11 is 0. The van der Waals surface area contributed by atoms with Crippen LogP contribution in [0.3, 0.4) is 0 Å². The Bertz CT molecular complexity index is 242. The smallest absolute Gasteiger partial charge is 0.0356 e. The van der Waals surface area contributed by atoms with Gasteiger partial charge in [0.1, 0.15) is 0 Å². The maximum atomic E-state index is 3.82. The molecule has 0 aliphatic heterocycles. The molecule has 0 bridgehead atoms. The van der Waals surface area contributed by atoms with Crippen molar-refractivity contribution in [2.75, 3.05) is 20.6 Å². The van der Waals surface area contributed by atoms with Gasteiger partial charge in [-0.1, -0.05) is 46.5 Å². The lowest BCUT2D eigenvalue weighted by Crippen LogP contribution is -2.60. The quantitative estimate of drug-likeness (QED) is 0.629. The van der Waals surface area contributed by atoms with Crippen molar-refractivity contribution < 1.29 is 0 Å². The van der Waals surface area contributed by atoms with Crippen molar-refractivity contribution in [3.05, 3.63) is 0 Å². The van der Waals surface area contributed by atoms with Crippen molar-refractivity contribution in [3.8, 4) is 0 Å². The minimum absolute atomic E-state index is 0.398. The van der Waals surface area contributed by atoms with Crippen molar-refractivity contribution in [1.29, 1.82) is 0 Å². The molecule has 0 aromatic carbocycles. The zero-order valence-corrected chi connectivity index (χ0v) is 14.7. The molecule has 1 N–H and O–H groups in total. The number of hydrogen-bond donors (Lipinski definition) is 1. The molecule has 2 nitrogen and oxygen atoms in total. The van der Waals surface area contributed by atoms with E-state index in [1.54, 1.807) is 0 Å². The van der Waals surface area contributed by atoms with Crippen LogP contribution in [0.4, 0.5) is 0 Å². The lowest BCUT2D eigenvalue weighted by atomic mass is 9.71. The van der Waals surface area contributed by atoms with E-state index < -0.39 is 0 Å². The fourth-order valence-corrected chi connectivity index (χ4v) is 3.95. The Morgan fingerprint density at radius 2 is 1.75 bits per heavy atom. The lowest BCUT2D eigenvalue weighted by molar-refractivity contribution is 0.0400. The molecule has 0 amide bonds. The molecule has 0 aromatic rings. The van der Waals surface area contributed by atoms with Gasteiger partial charge < -0.3 is 10.2 Å². The molecule has 0 radical (unpaired) electrons. The van der Waals surface area contributed by atoms with Gasteiger partial charge in [-0.2, -0.15) is 0 Å². The highest BCUT2D eigenvalue weighted by Gasteiger charge is 2.42. The van der Waals surface area contributed by atoms with Crippen LogP contribution < -0.4 is 5.32 Å². The summed E-state index contributed by atoms with van der Waals surface area (Å²) in [5.41, 5.74) is 0.398. The third kappa shape index (κ3) is 4.73. The van der Waals surface area contributed by atoms with Crippen LogP contribution in [-0.2, 0) is 0 Å². The fourth-order valence-electron chi connectivity index (χ4n) is 3.95. The van der Waals surface area contributed by atoms with Gasteiger partial charge in [-0.15, -0.1) is 0 Å². The first-order valence-corrected chi connectivity index (χ1v) is 8.97. The van der Waals surface area contributed by atoms with Gasteiger partial charge in [0.2, 0.25) is 0 Å². The van der Waals surface area contributed by atoms with E-state index in [0.29, 0.717) is 11.6 Å². The molecule has 120 valence electrons. The summed E-state index contributed by atoms with van der Waals surface area (Å²) in [5, 5.41) is 3.82. The first-order chi connectivity index (χ1) is 9.56. The minimum atomic E-state index is 0.398. The second kappa shape index (κ2) is 9.04. The molecule has 0 saturated heterocycles. The Kier molecular flexibility index (Phi) is 8.13. The number of likely N-dealkylation sites (N-methyl/N-ethyl adjacent to an activating group) is 2. The van der Waals surface area contributed by atoms with Crippen LogP contribution in [0.15, 0.2) is 0 Å². The largest absolute Gasteiger partial charge is 0.312 e. The van der Waals surface area contributed by atoms with Crippen molar-refractivity contribution in [2.45, 2.75) is 90.1 Å². The zero-order valence-electron chi connectivity index (χ0n) is 14.7. The Labute approximate surface area is 127 Å². The van der Waals surface area contributed by atoms with Crippen molar-refractivity contribution in [1.82, 2.24) is 10.2 Å². The van der Waals surface area contributed by atoms with Gasteiger partial charge in [0.05, 0.1) is 0 Å². The highest BCUT2D eigenvalue weighted by atomic mass is 15.2. The van der Waals surface area contributed by atoms with Crippen molar-refractivity contribution in [2.24, 2.45) is 5.92 Å². The molecule has 1 fully saturated rings. The zero-order chi connectivity index (χ0) is 15.0. The summed E-state index contributed by atoms with van der Waals surface area (Å²) < 4.78 is 0. The maximum absolute atomic E-state index is 3.82. The molecular weight excluding hydrogens is 244 g/mol. The molecule has 1 aliphatic carbocycles. The van der Waals surface area contributed by atoms with E-state index in [-0.39, 0.29) is 0 Å². The third-order valence-electron chi connectivity index (χ3n) is 5.48. The average molecular weight is 283 g/mol. The van der Waals surface area contributed by atoms with Gasteiger partial charge in [0.25, 0.3) is 0 Å². The van der Waals surface area contributed by atoms with Gasteiger partial charge >= 0.3 is 0 Å². The van der Waals surface area contributed by atoms with E-state index in [1.807, 2.05) is 0 Å². The van der Waals surface area contributed by atoms with Crippen molar-refractivity contribution in [3.63, 3.8) is 0 Å². The van der Waals surface area contributed by atoms with Gasteiger partial charge in [-0.25, -0.2) is 0 Å². The molecule has 20 heavy (non-hydrogen) atoms. The van der Waals surface area contributed by atoms with Gasteiger partial charge in [-0.3, -0.25) is 0 Å². The molecule has 0 aromatic heterocycles. The molecule has 1 aliphatic rings. The Hall–Kier alpha value is -0.0800. The van der Waals surface area contributed by atoms with E-state index in [1.165, 1.54) is 57.8 Å². The Balaban J connectivity index is 2.67. The van der Waals surface area contributed by atoms with Crippen LogP contribution in [0.1, 0.15) is 78.6 Å². The van der Waals surface area contributed by atoms with Crippen LogP contribution in [0, 0.1) is 5.92 Å². The maximum Gasteiger partial charge on any atom is 0.0356 e. The second-order valence-corrected chi connectivity index (χ2v) is 7.14. The number of unbranched alkanes of at least 4 members (excludes halogenated alkanes) is 3. The molecule has 1 rings (SSSR count). The molecule has 1 saturated carbocycles. The number of nitrogens with zero attached hydrogens (tertiary/aromatic N) is 1. The highest BCUT2D eigenvalue weighted by molar-refractivity contribution is 5.01. The summed E-state index contributed by atoms with van der Waals surface area (Å²) in [7, 11) is 4.60. The first kappa shape index (κ1) is 18.0. The topological polar surface area (TPSA) is 15.3 Å². The average Bonchev–Trinajstić information content (AvgIpc) is 2.43. The normalized spacial score (nSPS) is 28.8. The van der Waals surface area contributed by atoms with E-state index in [4.69, 9.17) is 0 Å². The molecule has 0 heterocycles. The standard InChI is InChI=1S/C18H38N2/c1-6-8-9-10-11-17(19-7-2)18(20(4)5)14-12-16(3)13-15-18/h16-17,19H,6-15H2,1-5H3. The Morgan fingerprint density at radius 3 is 2.25 bits per heavy atom. The predicted octanol–water partition coefficient (Wildman–Crippen LogP) is 4.45. The van der Waals surface area contributed by atoms with Crippen LogP contribution >= 0.6 is 0 Å². The molecule has 1 unspecified atom stereocenters. The van der Waals surface area contributed by atoms with Gasteiger partial charge in [0, 0.05) is 11.6 Å². The first-order valence-electron chi connectivity index (χ1n) is 8.97. The lowest BCUT2D eigenvalue weighted by Gasteiger charge is -2.50. The van der Waals surface area contributed by atoms with Crippen LogP contribution in [0.5, 0.6) is 0 Å². The van der Waals surface area contributed by atoms with E-state index >= 15 is 0 Å². The van der Waals surface area contributed by atoms with Crippen LogP contribution in [0.2, 0.25) is 0 Å². The Morgan fingerprint density at radius 1 is 1.10 bits per heavy atom. The van der Waals surface area contributed by atoms with Crippen LogP contribution in [0.25, 0.3) is 0 Å². The third-order valence-corrected chi connectivity index (χ3v) is 5.48. The summed E-state index contributed by atoms with van der Waals surface area (Å²) in [6, 6.07) is 0.673. The van der Waals surface area contributed by atoms with E-state index in [9.17, 15) is 0 Å². The number of nitrogens with one attached hydrogen (secondary N) is 1. The molecule has 2 heteroatoms. The van der Waals surface area contributed by atoms with Gasteiger partial charge in [0.15, 0.2) is 0 Å². The van der Waals surface area contributed by atoms with Crippen molar-refractivity contribution >= 4 is 0 Å². The van der Waals surface area contributed by atoms with Crippen LogP contribution in [-0.4, -0.2) is 37.1 Å². The predicted molar refractivity (Wildman–Crippen MR) is 90.3 cm³/mol. The minimum Gasteiger partial charge on any atom is -0.312 e. The summed E-state index contributed by atoms with van der Waals surface area (Å²) in [4.78, 5) is 2.53. The monoisotopic (exact) mass is 282 g/mol. The van der Waals surface area contributed by atoms with E-state index in [0.717, 1.165) is 12.5 Å². The molecule has 1 atom stereocenters. The summed E-state index contributed by atoms with van der Waals surface area (Å²) in [6.07, 6.45) is 12.4. The highest BCUT2D eigenvalue weighted by Crippen LogP contribution is 2.39. The number of hydrogen-bond acceptors (Lipinski definition) is 2. The summed E-state index contributed by atoms with van der Waals surface area (Å²) in [5.74, 6) is 0.922. The summed E-state index contributed by atoms with van der Waals surface area (Å²) in [6.45, 7) is 8.08. The molecular formula is C18H38N2. The van der Waals surface area contributed by atoms with E-state index in [2.05, 4.69) is 45.1 Å². The fraction of sp³-hybridized carbons (Fsp3) is 1.00.